The molecular weight excluding hydrogens is 182 g/mol. The molecule has 1 nitrogen and oxygen atoms in total. The van der Waals surface area contributed by atoms with Gasteiger partial charge in [0.25, 0.3) is 0 Å². The van der Waals surface area contributed by atoms with Gasteiger partial charge in [0.2, 0.25) is 0 Å². The molecule has 0 amide bonds. The molecule has 15 heavy (non-hydrogen) atoms. The fraction of sp³-hybridized carbons (Fsp3) is 0.500. The highest BCUT2D eigenvalue weighted by molar-refractivity contribution is 5.19. The lowest BCUT2D eigenvalue weighted by atomic mass is 9.71. The Morgan fingerprint density at radius 1 is 1.07 bits per heavy atom. The number of hydrogen-bond donors (Lipinski definition) is 0. The molecule has 0 atom stereocenters. The molecule has 1 aliphatic carbocycles. The van der Waals surface area contributed by atoms with Gasteiger partial charge in [0.05, 0.1) is 11.5 Å². The second kappa shape index (κ2) is 4.49. The first kappa shape index (κ1) is 10.2. The summed E-state index contributed by atoms with van der Waals surface area (Å²) < 4.78 is 0. The summed E-state index contributed by atoms with van der Waals surface area (Å²) >= 11 is 0. The van der Waals surface area contributed by atoms with E-state index in [-0.39, 0.29) is 5.41 Å². The Kier molecular flexibility index (Phi) is 3.06. The average molecular weight is 199 g/mol. The van der Waals surface area contributed by atoms with Crippen molar-refractivity contribution < 1.29 is 0 Å². The van der Waals surface area contributed by atoms with Gasteiger partial charge >= 0.3 is 0 Å². The van der Waals surface area contributed by atoms with E-state index in [4.69, 9.17) is 0 Å². The van der Waals surface area contributed by atoms with Crippen LogP contribution in [0.2, 0.25) is 0 Å². The second-order valence-corrected chi connectivity index (χ2v) is 4.62. The Hall–Kier alpha value is -1.29. The van der Waals surface area contributed by atoms with Crippen molar-refractivity contribution in [1.29, 1.82) is 5.26 Å². The Balaban J connectivity index is 2.12. The Bertz CT molecular complexity index is 341. The quantitative estimate of drug-likeness (QED) is 0.712. The van der Waals surface area contributed by atoms with Crippen LogP contribution in [-0.4, -0.2) is 0 Å². The fourth-order valence-electron chi connectivity index (χ4n) is 2.54. The summed E-state index contributed by atoms with van der Waals surface area (Å²) in [5.74, 6) is 0. The van der Waals surface area contributed by atoms with E-state index < -0.39 is 0 Å². The van der Waals surface area contributed by atoms with Crippen LogP contribution in [0.3, 0.4) is 0 Å². The molecule has 2 rings (SSSR count). The molecule has 1 aromatic carbocycles. The summed E-state index contributed by atoms with van der Waals surface area (Å²) in [4.78, 5) is 0. The predicted octanol–water partition coefficient (Wildman–Crippen LogP) is 3.70. The highest BCUT2D eigenvalue weighted by Gasteiger charge is 2.31. The molecule has 1 fully saturated rings. The summed E-state index contributed by atoms with van der Waals surface area (Å²) in [6.07, 6.45) is 6.85. The third-order valence-corrected chi connectivity index (χ3v) is 3.43. The molecule has 1 heteroatoms. The van der Waals surface area contributed by atoms with Crippen LogP contribution in [0, 0.1) is 16.7 Å². The Morgan fingerprint density at radius 3 is 2.33 bits per heavy atom. The molecule has 0 heterocycles. The normalized spacial score (nSPS) is 19.4. The first-order chi connectivity index (χ1) is 7.35. The van der Waals surface area contributed by atoms with E-state index in [9.17, 15) is 5.26 Å². The van der Waals surface area contributed by atoms with Crippen LogP contribution in [-0.2, 0) is 6.42 Å². The Labute approximate surface area is 91.7 Å². The number of benzene rings is 1. The minimum Gasteiger partial charge on any atom is -0.198 e. The molecule has 0 N–H and O–H groups in total. The van der Waals surface area contributed by atoms with E-state index in [1.807, 2.05) is 6.07 Å². The topological polar surface area (TPSA) is 23.8 Å². The maximum atomic E-state index is 9.35. The van der Waals surface area contributed by atoms with Crippen LogP contribution < -0.4 is 0 Å². The zero-order valence-electron chi connectivity index (χ0n) is 9.08. The SMILES string of the molecule is N#CC1(Cc2ccccc2)CCCCC1. The molecule has 0 saturated heterocycles. The second-order valence-electron chi connectivity index (χ2n) is 4.62. The van der Waals surface area contributed by atoms with Gasteiger partial charge in [0.15, 0.2) is 0 Å². The van der Waals surface area contributed by atoms with E-state index in [1.165, 1.54) is 24.8 Å². The summed E-state index contributed by atoms with van der Waals surface area (Å²) in [6.45, 7) is 0. The van der Waals surface area contributed by atoms with E-state index in [2.05, 4.69) is 30.3 Å². The lowest BCUT2D eigenvalue weighted by Crippen LogP contribution is -2.24. The lowest BCUT2D eigenvalue weighted by Gasteiger charge is -2.30. The smallest absolute Gasteiger partial charge is 0.0693 e. The molecule has 1 aliphatic rings. The van der Waals surface area contributed by atoms with Crippen LogP contribution in [0.4, 0.5) is 0 Å². The molecule has 78 valence electrons. The van der Waals surface area contributed by atoms with Crippen molar-refractivity contribution in [1.82, 2.24) is 0 Å². The van der Waals surface area contributed by atoms with E-state index in [0.717, 1.165) is 19.3 Å². The van der Waals surface area contributed by atoms with Gasteiger partial charge < -0.3 is 0 Å². The highest BCUT2D eigenvalue weighted by Crippen LogP contribution is 2.38. The molecule has 0 aromatic heterocycles. The fourth-order valence-corrected chi connectivity index (χ4v) is 2.54. The third-order valence-electron chi connectivity index (χ3n) is 3.43. The van der Waals surface area contributed by atoms with Gasteiger partial charge in [-0.05, 0) is 24.8 Å². The lowest BCUT2D eigenvalue weighted by molar-refractivity contribution is 0.266. The van der Waals surface area contributed by atoms with Crippen LogP contribution in [0.25, 0.3) is 0 Å². The van der Waals surface area contributed by atoms with Gasteiger partial charge in [0, 0.05) is 0 Å². The summed E-state index contributed by atoms with van der Waals surface area (Å²) in [7, 11) is 0. The van der Waals surface area contributed by atoms with Crippen molar-refractivity contribution in [2.45, 2.75) is 38.5 Å². The standard InChI is InChI=1S/C14H17N/c15-12-14(9-5-2-6-10-14)11-13-7-3-1-4-8-13/h1,3-4,7-8H,2,5-6,9-11H2. The van der Waals surface area contributed by atoms with Gasteiger partial charge in [-0.3, -0.25) is 0 Å². The molecular formula is C14H17N. The number of nitriles is 1. The molecule has 0 radical (unpaired) electrons. The van der Waals surface area contributed by atoms with Gasteiger partial charge in [-0.15, -0.1) is 0 Å². The summed E-state index contributed by atoms with van der Waals surface area (Å²) in [5, 5.41) is 9.35. The van der Waals surface area contributed by atoms with Gasteiger partial charge in [0.1, 0.15) is 0 Å². The van der Waals surface area contributed by atoms with Crippen molar-refractivity contribution in [3.63, 3.8) is 0 Å². The first-order valence-corrected chi connectivity index (χ1v) is 5.80. The van der Waals surface area contributed by atoms with Crippen molar-refractivity contribution >= 4 is 0 Å². The molecule has 0 bridgehead atoms. The molecule has 0 unspecified atom stereocenters. The zero-order valence-corrected chi connectivity index (χ0v) is 9.08. The Morgan fingerprint density at radius 2 is 1.73 bits per heavy atom. The van der Waals surface area contributed by atoms with Crippen LogP contribution in [0.15, 0.2) is 30.3 Å². The number of nitrogens with zero attached hydrogens (tertiary/aromatic N) is 1. The molecule has 1 saturated carbocycles. The van der Waals surface area contributed by atoms with E-state index >= 15 is 0 Å². The first-order valence-electron chi connectivity index (χ1n) is 5.80. The highest BCUT2D eigenvalue weighted by atomic mass is 14.4. The largest absolute Gasteiger partial charge is 0.198 e. The van der Waals surface area contributed by atoms with E-state index in [0.29, 0.717) is 0 Å². The molecule has 0 aliphatic heterocycles. The predicted molar refractivity (Wildman–Crippen MR) is 61.3 cm³/mol. The van der Waals surface area contributed by atoms with Crippen molar-refractivity contribution in [2.24, 2.45) is 5.41 Å². The van der Waals surface area contributed by atoms with Gasteiger partial charge in [-0.25, -0.2) is 0 Å². The summed E-state index contributed by atoms with van der Waals surface area (Å²) in [6, 6.07) is 13.0. The number of hydrogen-bond acceptors (Lipinski definition) is 1. The van der Waals surface area contributed by atoms with Crippen LogP contribution in [0.5, 0.6) is 0 Å². The van der Waals surface area contributed by atoms with E-state index in [1.54, 1.807) is 0 Å². The third kappa shape index (κ3) is 2.39. The average Bonchev–Trinajstić information content (AvgIpc) is 2.32. The maximum absolute atomic E-state index is 9.35. The maximum Gasteiger partial charge on any atom is 0.0693 e. The van der Waals surface area contributed by atoms with Crippen molar-refractivity contribution in [3.8, 4) is 6.07 Å². The minimum absolute atomic E-state index is 0.0698. The minimum atomic E-state index is -0.0698. The van der Waals surface area contributed by atoms with Crippen molar-refractivity contribution in [2.75, 3.05) is 0 Å². The monoisotopic (exact) mass is 199 g/mol. The number of rotatable bonds is 2. The zero-order chi connectivity index (χ0) is 10.6. The van der Waals surface area contributed by atoms with Crippen LogP contribution in [0.1, 0.15) is 37.7 Å². The molecule has 1 aromatic rings. The van der Waals surface area contributed by atoms with Crippen LogP contribution >= 0.6 is 0 Å². The molecule has 0 spiro atoms. The van der Waals surface area contributed by atoms with Crippen molar-refractivity contribution in [3.05, 3.63) is 35.9 Å². The van der Waals surface area contributed by atoms with Gasteiger partial charge in [-0.2, -0.15) is 5.26 Å². The van der Waals surface area contributed by atoms with Gasteiger partial charge in [-0.1, -0.05) is 49.6 Å². The summed E-state index contributed by atoms with van der Waals surface area (Å²) in [5.41, 5.74) is 1.24.